The van der Waals surface area contributed by atoms with Crippen LogP contribution in [0.15, 0.2) is 24.3 Å². The summed E-state index contributed by atoms with van der Waals surface area (Å²) in [5, 5.41) is 6.01. The SMILES string of the molecule is CC1CCCN(C(C)CNC(=O)C(C)NC(=O)c2ccccc2Cl)C1. The van der Waals surface area contributed by atoms with Crippen molar-refractivity contribution in [3.05, 3.63) is 34.9 Å². The predicted molar refractivity (Wildman–Crippen MR) is 101 cm³/mol. The van der Waals surface area contributed by atoms with Crippen LogP contribution >= 0.6 is 11.6 Å². The summed E-state index contributed by atoms with van der Waals surface area (Å²) in [5.74, 6) is 0.184. The minimum atomic E-state index is -0.615. The molecular weight excluding hydrogens is 338 g/mol. The van der Waals surface area contributed by atoms with E-state index in [9.17, 15) is 9.59 Å². The van der Waals surface area contributed by atoms with E-state index < -0.39 is 6.04 Å². The minimum absolute atomic E-state index is 0.183. The quantitative estimate of drug-likeness (QED) is 0.814. The lowest BCUT2D eigenvalue weighted by molar-refractivity contribution is -0.122. The summed E-state index contributed by atoms with van der Waals surface area (Å²) >= 11 is 6.02. The molecule has 5 nitrogen and oxygen atoms in total. The molecule has 1 saturated heterocycles. The molecule has 0 bridgehead atoms. The summed E-state index contributed by atoms with van der Waals surface area (Å²) in [6, 6.07) is 6.48. The average molecular weight is 366 g/mol. The van der Waals surface area contributed by atoms with Crippen LogP contribution in [0.2, 0.25) is 5.02 Å². The van der Waals surface area contributed by atoms with Crippen molar-refractivity contribution in [3.63, 3.8) is 0 Å². The first-order chi connectivity index (χ1) is 11.9. The number of nitrogens with one attached hydrogen (secondary N) is 2. The molecular formula is C19H28ClN3O2. The van der Waals surface area contributed by atoms with Crippen LogP contribution in [0.4, 0.5) is 0 Å². The summed E-state index contributed by atoms with van der Waals surface area (Å²) in [6.07, 6.45) is 2.49. The third kappa shape index (κ3) is 5.72. The molecule has 0 spiro atoms. The molecule has 2 amide bonds. The van der Waals surface area contributed by atoms with Crippen LogP contribution < -0.4 is 10.6 Å². The highest BCUT2D eigenvalue weighted by Crippen LogP contribution is 2.17. The minimum Gasteiger partial charge on any atom is -0.353 e. The molecule has 138 valence electrons. The smallest absolute Gasteiger partial charge is 0.253 e. The van der Waals surface area contributed by atoms with Gasteiger partial charge in [-0.15, -0.1) is 0 Å². The highest BCUT2D eigenvalue weighted by atomic mass is 35.5. The van der Waals surface area contributed by atoms with Crippen LogP contribution in [-0.4, -0.2) is 48.4 Å². The summed E-state index contributed by atoms with van der Waals surface area (Å²) in [7, 11) is 0. The van der Waals surface area contributed by atoms with Crippen molar-refractivity contribution in [2.24, 2.45) is 5.92 Å². The molecule has 3 atom stereocenters. The fourth-order valence-electron chi connectivity index (χ4n) is 3.14. The van der Waals surface area contributed by atoms with E-state index in [1.807, 2.05) is 0 Å². The molecule has 1 aliphatic rings. The number of likely N-dealkylation sites (tertiary alicyclic amines) is 1. The molecule has 0 radical (unpaired) electrons. The summed E-state index contributed by atoms with van der Waals surface area (Å²) in [6.45, 7) is 8.82. The number of nitrogens with zero attached hydrogens (tertiary/aromatic N) is 1. The van der Waals surface area contributed by atoms with Crippen molar-refractivity contribution in [1.29, 1.82) is 0 Å². The van der Waals surface area contributed by atoms with Crippen LogP contribution in [0.1, 0.15) is 44.0 Å². The highest BCUT2D eigenvalue weighted by Gasteiger charge is 2.23. The van der Waals surface area contributed by atoms with Gasteiger partial charge in [0.1, 0.15) is 6.04 Å². The third-order valence-electron chi connectivity index (χ3n) is 4.74. The number of hydrogen-bond acceptors (Lipinski definition) is 3. The first kappa shape index (κ1) is 19.7. The molecule has 0 aliphatic carbocycles. The van der Waals surface area contributed by atoms with Gasteiger partial charge in [-0.2, -0.15) is 0 Å². The van der Waals surface area contributed by atoms with Crippen molar-refractivity contribution in [2.45, 2.75) is 45.7 Å². The Kier molecular flexibility index (Phi) is 7.26. The molecule has 1 fully saturated rings. The second-order valence-electron chi connectivity index (χ2n) is 7.01. The van der Waals surface area contributed by atoms with Crippen molar-refractivity contribution < 1.29 is 9.59 Å². The number of piperidine rings is 1. The van der Waals surface area contributed by atoms with E-state index in [0.29, 0.717) is 23.0 Å². The molecule has 2 rings (SSSR count). The number of carbonyl (C=O) groups is 2. The number of carbonyl (C=O) groups excluding carboxylic acids is 2. The van der Waals surface area contributed by atoms with Gasteiger partial charge in [-0.05, 0) is 51.3 Å². The standard InChI is InChI=1S/C19H28ClN3O2/c1-13-7-6-10-23(12-13)14(2)11-21-18(24)15(3)22-19(25)16-8-4-5-9-17(16)20/h4-5,8-9,13-15H,6-7,10-12H2,1-3H3,(H,21,24)(H,22,25). The highest BCUT2D eigenvalue weighted by molar-refractivity contribution is 6.33. The molecule has 1 heterocycles. The lowest BCUT2D eigenvalue weighted by Gasteiger charge is -2.35. The van der Waals surface area contributed by atoms with Gasteiger partial charge in [0.2, 0.25) is 5.91 Å². The van der Waals surface area contributed by atoms with Gasteiger partial charge in [-0.3, -0.25) is 14.5 Å². The molecule has 2 N–H and O–H groups in total. The summed E-state index contributed by atoms with van der Waals surface area (Å²) in [4.78, 5) is 26.9. The van der Waals surface area contributed by atoms with E-state index in [0.717, 1.165) is 13.1 Å². The van der Waals surface area contributed by atoms with E-state index in [4.69, 9.17) is 11.6 Å². The fraction of sp³-hybridized carbons (Fsp3) is 0.579. The van der Waals surface area contributed by atoms with E-state index in [1.165, 1.54) is 12.8 Å². The predicted octanol–water partition coefficient (Wildman–Crippen LogP) is 2.69. The first-order valence-corrected chi connectivity index (χ1v) is 9.33. The Balaban J connectivity index is 1.80. The van der Waals surface area contributed by atoms with E-state index in [-0.39, 0.29) is 17.9 Å². The number of benzene rings is 1. The molecule has 0 saturated carbocycles. The van der Waals surface area contributed by atoms with Gasteiger partial charge in [0.05, 0.1) is 10.6 Å². The number of halogens is 1. The maximum absolute atomic E-state index is 12.3. The van der Waals surface area contributed by atoms with Gasteiger partial charge < -0.3 is 10.6 Å². The second-order valence-corrected chi connectivity index (χ2v) is 7.42. The van der Waals surface area contributed by atoms with Crippen LogP contribution in [0, 0.1) is 5.92 Å². The Morgan fingerprint density at radius 1 is 1.32 bits per heavy atom. The topological polar surface area (TPSA) is 61.4 Å². The fourth-order valence-corrected chi connectivity index (χ4v) is 3.36. The van der Waals surface area contributed by atoms with Gasteiger partial charge in [0.25, 0.3) is 5.91 Å². The monoisotopic (exact) mass is 365 g/mol. The summed E-state index contributed by atoms with van der Waals surface area (Å²) in [5.41, 5.74) is 0.375. The first-order valence-electron chi connectivity index (χ1n) is 8.95. The zero-order valence-corrected chi connectivity index (χ0v) is 16.0. The number of hydrogen-bond donors (Lipinski definition) is 2. The molecule has 6 heteroatoms. The Morgan fingerprint density at radius 2 is 2.04 bits per heavy atom. The van der Waals surface area contributed by atoms with Gasteiger partial charge in [-0.25, -0.2) is 0 Å². The Labute approximate surface area is 155 Å². The second kappa shape index (κ2) is 9.20. The zero-order chi connectivity index (χ0) is 18.4. The maximum atomic E-state index is 12.3. The van der Waals surface area contributed by atoms with Gasteiger partial charge in [0, 0.05) is 19.1 Å². The Morgan fingerprint density at radius 3 is 2.72 bits per heavy atom. The number of amides is 2. The molecule has 1 aliphatic heterocycles. The number of rotatable bonds is 6. The Bertz CT molecular complexity index is 608. The summed E-state index contributed by atoms with van der Waals surface area (Å²) < 4.78 is 0. The lowest BCUT2D eigenvalue weighted by atomic mass is 9.99. The van der Waals surface area contributed by atoms with E-state index >= 15 is 0 Å². The van der Waals surface area contributed by atoms with Crippen molar-refractivity contribution in [1.82, 2.24) is 15.5 Å². The normalized spacial score (nSPS) is 20.6. The van der Waals surface area contributed by atoms with Gasteiger partial charge >= 0.3 is 0 Å². The average Bonchev–Trinajstić information content (AvgIpc) is 2.59. The van der Waals surface area contributed by atoms with Gasteiger partial charge in [0.15, 0.2) is 0 Å². The van der Waals surface area contributed by atoms with Crippen molar-refractivity contribution in [3.8, 4) is 0 Å². The third-order valence-corrected chi connectivity index (χ3v) is 5.07. The van der Waals surface area contributed by atoms with Crippen molar-refractivity contribution in [2.75, 3.05) is 19.6 Å². The van der Waals surface area contributed by atoms with Gasteiger partial charge in [-0.1, -0.05) is 30.7 Å². The van der Waals surface area contributed by atoms with Crippen LogP contribution in [0.25, 0.3) is 0 Å². The van der Waals surface area contributed by atoms with E-state index in [2.05, 4.69) is 29.4 Å². The van der Waals surface area contributed by atoms with Crippen molar-refractivity contribution >= 4 is 23.4 Å². The molecule has 25 heavy (non-hydrogen) atoms. The molecule has 1 aromatic rings. The molecule has 0 aromatic heterocycles. The van der Waals surface area contributed by atoms with Crippen LogP contribution in [0.3, 0.4) is 0 Å². The van der Waals surface area contributed by atoms with Crippen LogP contribution in [0.5, 0.6) is 0 Å². The molecule has 1 aromatic carbocycles. The molecule has 3 unspecified atom stereocenters. The largest absolute Gasteiger partial charge is 0.353 e. The lowest BCUT2D eigenvalue weighted by Crippen LogP contribution is -2.50. The Hall–Kier alpha value is -1.59. The zero-order valence-electron chi connectivity index (χ0n) is 15.2. The van der Waals surface area contributed by atoms with Crippen LogP contribution in [-0.2, 0) is 4.79 Å². The van der Waals surface area contributed by atoms with E-state index in [1.54, 1.807) is 31.2 Å². The maximum Gasteiger partial charge on any atom is 0.253 e.